The third-order valence-electron chi connectivity index (χ3n) is 2.09. The maximum atomic E-state index is 11.1. The van der Waals surface area contributed by atoms with Gasteiger partial charge in [-0.3, -0.25) is 10.2 Å². The highest BCUT2D eigenvalue weighted by molar-refractivity contribution is 6.30. The minimum atomic E-state index is -5.08. The zero-order chi connectivity index (χ0) is 16.2. The first-order valence-corrected chi connectivity index (χ1v) is 5.48. The molecule has 0 aliphatic carbocycles. The van der Waals surface area contributed by atoms with E-state index >= 15 is 0 Å². The van der Waals surface area contributed by atoms with E-state index in [-0.39, 0.29) is 5.91 Å². The number of aromatic amines is 1. The average Bonchev–Trinajstić information content (AvgIpc) is 2.80. The molecular weight excluding hydrogens is 317 g/mol. The van der Waals surface area contributed by atoms with E-state index in [9.17, 15) is 18.0 Å². The number of carboxylic acids is 1. The van der Waals surface area contributed by atoms with Crippen molar-refractivity contribution in [3.8, 4) is 0 Å². The third kappa shape index (κ3) is 4.61. The van der Waals surface area contributed by atoms with E-state index in [1.165, 1.54) is 0 Å². The Balaban J connectivity index is 0.000000270. The monoisotopic (exact) mass is 324 g/mol. The average molecular weight is 325 g/mol. The van der Waals surface area contributed by atoms with Gasteiger partial charge in [0.05, 0.1) is 11.7 Å². The number of pyridine rings is 1. The highest BCUT2D eigenvalue weighted by atomic mass is 35.5. The molecule has 0 spiro atoms. The van der Waals surface area contributed by atoms with Gasteiger partial charge in [0, 0.05) is 5.39 Å². The number of hydrogen-bond acceptors (Lipinski definition) is 4. The van der Waals surface area contributed by atoms with Gasteiger partial charge in [0.1, 0.15) is 10.8 Å². The number of hydrazine groups is 1. The maximum Gasteiger partial charge on any atom is 0.490 e. The van der Waals surface area contributed by atoms with Crippen molar-refractivity contribution >= 4 is 34.4 Å². The summed E-state index contributed by atoms with van der Waals surface area (Å²) in [5.41, 5.74) is 3.16. The van der Waals surface area contributed by atoms with Gasteiger partial charge in [-0.25, -0.2) is 15.6 Å². The van der Waals surface area contributed by atoms with Crippen LogP contribution in [0.15, 0.2) is 18.3 Å². The van der Waals surface area contributed by atoms with Gasteiger partial charge in [-0.05, 0) is 12.1 Å². The number of nitrogens with one attached hydrogen (secondary N) is 2. The number of halogens is 4. The van der Waals surface area contributed by atoms with Crippen LogP contribution in [0.5, 0.6) is 0 Å². The predicted octanol–water partition coefficient (Wildman–Crippen LogP) is 1.45. The molecule has 0 bridgehead atoms. The Labute approximate surface area is 119 Å². The minimum absolute atomic E-state index is 0.377. The van der Waals surface area contributed by atoms with Crippen molar-refractivity contribution in [2.24, 2.45) is 5.84 Å². The smallest absolute Gasteiger partial charge is 0.475 e. The molecule has 2 heterocycles. The summed E-state index contributed by atoms with van der Waals surface area (Å²) in [6.45, 7) is 0. The number of carbonyl (C=O) groups is 2. The molecule has 0 atom stereocenters. The Bertz CT molecular complexity index is 671. The van der Waals surface area contributed by atoms with E-state index in [4.69, 9.17) is 27.3 Å². The molecule has 1 amide bonds. The summed E-state index contributed by atoms with van der Waals surface area (Å²) >= 11 is 5.69. The van der Waals surface area contributed by atoms with E-state index < -0.39 is 12.1 Å². The van der Waals surface area contributed by atoms with Crippen molar-refractivity contribution in [2.45, 2.75) is 6.18 Å². The third-order valence-corrected chi connectivity index (χ3v) is 2.30. The fraction of sp³-hybridized carbons (Fsp3) is 0.100. The first-order chi connectivity index (χ1) is 9.65. The van der Waals surface area contributed by atoms with Gasteiger partial charge in [0.25, 0.3) is 5.91 Å². The Morgan fingerprint density at radius 3 is 2.43 bits per heavy atom. The molecule has 0 radical (unpaired) electrons. The molecule has 2 rings (SSSR count). The number of H-pyrrole nitrogens is 1. The topological polar surface area (TPSA) is 121 Å². The number of nitrogen functional groups attached to an aromatic ring is 1. The molecule has 0 aliphatic heterocycles. The lowest BCUT2D eigenvalue weighted by Gasteiger charge is -1.93. The van der Waals surface area contributed by atoms with Gasteiger partial charge in [-0.1, -0.05) is 11.6 Å². The Hall–Kier alpha value is -2.33. The molecule has 5 N–H and O–H groups in total. The highest BCUT2D eigenvalue weighted by Gasteiger charge is 2.38. The number of aromatic nitrogens is 2. The predicted molar refractivity (Wildman–Crippen MR) is 66.4 cm³/mol. The van der Waals surface area contributed by atoms with E-state index in [1.54, 1.807) is 18.3 Å². The van der Waals surface area contributed by atoms with Gasteiger partial charge in [-0.2, -0.15) is 13.2 Å². The summed E-state index contributed by atoms with van der Waals surface area (Å²) < 4.78 is 31.7. The van der Waals surface area contributed by atoms with E-state index in [0.29, 0.717) is 10.8 Å². The molecular formula is C10H8ClF3N4O3. The van der Waals surface area contributed by atoms with Gasteiger partial charge in [0.15, 0.2) is 0 Å². The highest BCUT2D eigenvalue weighted by Crippen LogP contribution is 2.17. The van der Waals surface area contributed by atoms with E-state index in [1.807, 2.05) is 5.43 Å². The van der Waals surface area contributed by atoms with Gasteiger partial charge in [-0.15, -0.1) is 0 Å². The maximum absolute atomic E-state index is 11.1. The van der Waals surface area contributed by atoms with Crippen LogP contribution in [-0.4, -0.2) is 33.1 Å². The number of carbonyl (C=O) groups excluding carboxylic acids is 1. The van der Waals surface area contributed by atoms with Crippen molar-refractivity contribution in [3.63, 3.8) is 0 Å². The zero-order valence-electron chi connectivity index (χ0n) is 10.0. The quantitative estimate of drug-likeness (QED) is 0.274. The lowest BCUT2D eigenvalue weighted by Crippen LogP contribution is -2.30. The molecule has 2 aromatic rings. The van der Waals surface area contributed by atoms with Crippen LogP contribution in [0.4, 0.5) is 13.2 Å². The molecule has 7 nitrogen and oxygen atoms in total. The molecule has 0 aliphatic rings. The number of rotatable bonds is 1. The van der Waals surface area contributed by atoms with Crippen LogP contribution in [0.3, 0.4) is 0 Å². The van der Waals surface area contributed by atoms with Crippen molar-refractivity contribution < 1.29 is 27.9 Å². The minimum Gasteiger partial charge on any atom is -0.475 e. The normalized spacial score (nSPS) is 10.7. The molecule has 21 heavy (non-hydrogen) atoms. The number of nitrogens with zero attached hydrogens (tertiary/aromatic N) is 1. The molecule has 0 saturated carbocycles. The number of nitrogens with two attached hydrogens (primary N) is 1. The first-order valence-electron chi connectivity index (χ1n) is 5.10. The van der Waals surface area contributed by atoms with Crippen LogP contribution < -0.4 is 11.3 Å². The molecule has 0 saturated heterocycles. The zero-order valence-corrected chi connectivity index (χ0v) is 10.8. The first kappa shape index (κ1) is 16.7. The summed E-state index contributed by atoms with van der Waals surface area (Å²) in [6.07, 6.45) is -3.52. The van der Waals surface area contributed by atoms with Crippen LogP contribution in [0.2, 0.25) is 5.15 Å². The van der Waals surface area contributed by atoms with E-state index in [2.05, 4.69) is 9.97 Å². The SMILES string of the molecule is NNC(=O)c1cc2cc(Cl)ncc2[nH]1.O=C(O)C(F)(F)F. The molecule has 0 aromatic carbocycles. The Morgan fingerprint density at radius 1 is 1.38 bits per heavy atom. The molecule has 11 heteroatoms. The lowest BCUT2D eigenvalue weighted by atomic mass is 10.3. The number of carboxylic acid groups (broad SMARTS) is 1. The summed E-state index contributed by atoms with van der Waals surface area (Å²) in [4.78, 5) is 26.8. The van der Waals surface area contributed by atoms with Crippen molar-refractivity contribution in [1.82, 2.24) is 15.4 Å². The number of alkyl halides is 3. The second kappa shape index (κ2) is 6.41. The summed E-state index contributed by atoms with van der Waals surface area (Å²) in [6, 6.07) is 3.33. The molecule has 114 valence electrons. The van der Waals surface area contributed by atoms with Crippen molar-refractivity contribution in [3.05, 3.63) is 29.2 Å². The Morgan fingerprint density at radius 2 is 1.95 bits per heavy atom. The van der Waals surface area contributed by atoms with Crippen LogP contribution in [0.25, 0.3) is 10.9 Å². The second-order valence-corrected chi connectivity index (χ2v) is 3.94. The van der Waals surface area contributed by atoms with Crippen LogP contribution in [-0.2, 0) is 4.79 Å². The van der Waals surface area contributed by atoms with Gasteiger partial charge < -0.3 is 10.1 Å². The van der Waals surface area contributed by atoms with Crippen LogP contribution >= 0.6 is 11.6 Å². The van der Waals surface area contributed by atoms with Crippen LogP contribution in [0, 0.1) is 0 Å². The van der Waals surface area contributed by atoms with E-state index in [0.717, 1.165) is 10.9 Å². The summed E-state index contributed by atoms with van der Waals surface area (Å²) in [7, 11) is 0. The second-order valence-electron chi connectivity index (χ2n) is 3.55. The molecule has 2 aromatic heterocycles. The largest absolute Gasteiger partial charge is 0.490 e. The number of aliphatic carboxylic acids is 1. The number of fused-ring (bicyclic) bond motifs is 1. The molecule has 0 fully saturated rings. The standard InChI is InChI=1S/C8H7ClN4O.C2HF3O2/c9-7-2-4-1-5(8(14)13-10)12-6(4)3-11-7;3-2(4,5)1(6)7/h1-3,12H,10H2,(H,13,14);(H,6,7). The number of amides is 1. The number of hydrogen-bond donors (Lipinski definition) is 4. The lowest BCUT2D eigenvalue weighted by molar-refractivity contribution is -0.192. The van der Waals surface area contributed by atoms with Crippen molar-refractivity contribution in [2.75, 3.05) is 0 Å². The van der Waals surface area contributed by atoms with Gasteiger partial charge >= 0.3 is 12.1 Å². The van der Waals surface area contributed by atoms with Crippen molar-refractivity contribution in [1.29, 1.82) is 0 Å². The summed E-state index contributed by atoms with van der Waals surface area (Å²) in [5, 5.41) is 8.33. The van der Waals surface area contributed by atoms with Gasteiger partial charge in [0.2, 0.25) is 0 Å². The Kier molecular flexibility index (Phi) is 5.11. The summed E-state index contributed by atoms with van der Waals surface area (Å²) in [5.74, 6) is 1.86. The fourth-order valence-corrected chi connectivity index (χ4v) is 1.37. The fourth-order valence-electron chi connectivity index (χ4n) is 1.20. The van der Waals surface area contributed by atoms with Crippen LogP contribution in [0.1, 0.15) is 10.5 Å². The molecule has 0 unspecified atom stereocenters.